The monoisotopic (exact) mass is 254 g/mol. The molecule has 18 heavy (non-hydrogen) atoms. The van der Waals surface area contributed by atoms with Gasteiger partial charge in [0.15, 0.2) is 0 Å². The molecule has 1 aromatic carbocycles. The Bertz CT molecular complexity index is 421. The molecule has 0 amide bonds. The summed E-state index contributed by atoms with van der Waals surface area (Å²) in [4.78, 5) is 10.8. The van der Waals surface area contributed by atoms with E-state index in [0.29, 0.717) is 30.6 Å². The number of carbonyl (C=O) groups is 1. The van der Waals surface area contributed by atoms with E-state index >= 15 is 0 Å². The maximum atomic E-state index is 13.2. The summed E-state index contributed by atoms with van der Waals surface area (Å²) in [7, 11) is 0. The quantitative estimate of drug-likeness (QED) is 0.727. The number of carboxylic acid groups (broad SMARTS) is 1. The number of rotatable bonds is 6. The maximum absolute atomic E-state index is 13.2. The molecular formula is C13H19FN2O2. The van der Waals surface area contributed by atoms with Crippen molar-refractivity contribution >= 4 is 11.7 Å². The summed E-state index contributed by atoms with van der Waals surface area (Å²) < 4.78 is 13.2. The van der Waals surface area contributed by atoms with Gasteiger partial charge in [0.05, 0.1) is 5.56 Å². The van der Waals surface area contributed by atoms with Crippen LogP contribution in [0.4, 0.5) is 10.1 Å². The van der Waals surface area contributed by atoms with Crippen LogP contribution in [0.2, 0.25) is 0 Å². The first-order valence-corrected chi connectivity index (χ1v) is 5.92. The van der Waals surface area contributed by atoms with Crippen molar-refractivity contribution in [2.45, 2.75) is 13.8 Å². The summed E-state index contributed by atoms with van der Waals surface area (Å²) in [6, 6.07) is 3.97. The molecule has 0 fully saturated rings. The fourth-order valence-electron chi connectivity index (χ4n) is 1.64. The fourth-order valence-corrected chi connectivity index (χ4v) is 1.64. The SMILES string of the molecule is CC(C)C(CN)CNc1ccc(F)c(C(=O)O)c1. The molecule has 0 bridgehead atoms. The van der Waals surface area contributed by atoms with Gasteiger partial charge in [0, 0.05) is 12.2 Å². The number of hydrogen-bond acceptors (Lipinski definition) is 3. The summed E-state index contributed by atoms with van der Waals surface area (Å²) in [6.07, 6.45) is 0. The predicted molar refractivity (Wildman–Crippen MR) is 69.2 cm³/mol. The van der Waals surface area contributed by atoms with Gasteiger partial charge in [-0.3, -0.25) is 0 Å². The zero-order chi connectivity index (χ0) is 13.7. The Morgan fingerprint density at radius 2 is 2.17 bits per heavy atom. The molecule has 0 saturated carbocycles. The largest absolute Gasteiger partial charge is 0.478 e. The summed E-state index contributed by atoms with van der Waals surface area (Å²) in [5.74, 6) is -1.27. The summed E-state index contributed by atoms with van der Waals surface area (Å²) in [6.45, 7) is 5.34. The van der Waals surface area contributed by atoms with Crippen molar-refractivity contribution in [2.24, 2.45) is 17.6 Å². The maximum Gasteiger partial charge on any atom is 0.338 e. The van der Waals surface area contributed by atoms with Crippen LogP contribution in [0.15, 0.2) is 18.2 Å². The normalized spacial score (nSPS) is 12.5. The molecule has 0 aliphatic carbocycles. The lowest BCUT2D eigenvalue weighted by atomic mass is 9.96. The molecule has 1 aromatic rings. The van der Waals surface area contributed by atoms with Crippen molar-refractivity contribution < 1.29 is 14.3 Å². The van der Waals surface area contributed by atoms with Crippen molar-refractivity contribution in [1.29, 1.82) is 0 Å². The number of nitrogens with two attached hydrogens (primary N) is 1. The highest BCUT2D eigenvalue weighted by Crippen LogP contribution is 2.16. The van der Waals surface area contributed by atoms with Crippen LogP contribution >= 0.6 is 0 Å². The van der Waals surface area contributed by atoms with E-state index in [4.69, 9.17) is 10.8 Å². The van der Waals surface area contributed by atoms with Crippen LogP contribution < -0.4 is 11.1 Å². The number of carboxylic acids is 1. The minimum Gasteiger partial charge on any atom is -0.478 e. The smallest absolute Gasteiger partial charge is 0.338 e. The predicted octanol–water partition coefficient (Wildman–Crippen LogP) is 2.17. The van der Waals surface area contributed by atoms with E-state index in [1.807, 2.05) is 0 Å². The highest BCUT2D eigenvalue weighted by molar-refractivity contribution is 5.89. The second kappa shape index (κ2) is 6.35. The molecule has 0 saturated heterocycles. The first-order chi connectivity index (χ1) is 8.45. The molecule has 0 heterocycles. The minimum absolute atomic E-state index is 0.295. The molecule has 0 aromatic heterocycles. The lowest BCUT2D eigenvalue weighted by Crippen LogP contribution is -2.27. The van der Waals surface area contributed by atoms with Crippen molar-refractivity contribution in [3.8, 4) is 0 Å². The van der Waals surface area contributed by atoms with E-state index < -0.39 is 11.8 Å². The third kappa shape index (κ3) is 3.70. The topological polar surface area (TPSA) is 75.3 Å². The molecule has 0 radical (unpaired) electrons. The number of nitrogens with one attached hydrogen (secondary N) is 1. The molecule has 0 aliphatic rings. The molecule has 0 spiro atoms. The van der Waals surface area contributed by atoms with Crippen LogP contribution in [0.5, 0.6) is 0 Å². The molecule has 4 N–H and O–H groups in total. The van der Waals surface area contributed by atoms with Gasteiger partial charge < -0.3 is 16.2 Å². The highest BCUT2D eigenvalue weighted by atomic mass is 19.1. The van der Waals surface area contributed by atoms with Gasteiger partial charge in [-0.25, -0.2) is 9.18 Å². The Morgan fingerprint density at radius 1 is 1.50 bits per heavy atom. The van der Waals surface area contributed by atoms with E-state index in [-0.39, 0.29) is 5.56 Å². The molecule has 1 atom stereocenters. The van der Waals surface area contributed by atoms with Crippen molar-refractivity contribution in [1.82, 2.24) is 0 Å². The third-order valence-electron chi connectivity index (χ3n) is 3.01. The number of anilines is 1. The van der Waals surface area contributed by atoms with E-state index in [0.717, 1.165) is 6.07 Å². The number of halogens is 1. The lowest BCUT2D eigenvalue weighted by Gasteiger charge is -2.20. The van der Waals surface area contributed by atoms with Crippen LogP contribution in [0.1, 0.15) is 24.2 Å². The highest BCUT2D eigenvalue weighted by Gasteiger charge is 2.13. The molecule has 100 valence electrons. The van der Waals surface area contributed by atoms with Gasteiger partial charge in [0.25, 0.3) is 0 Å². The Morgan fingerprint density at radius 3 is 2.67 bits per heavy atom. The van der Waals surface area contributed by atoms with Crippen LogP contribution in [-0.2, 0) is 0 Å². The van der Waals surface area contributed by atoms with Gasteiger partial charge in [-0.15, -0.1) is 0 Å². The van der Waals surface area contributed by atoms with Crippen molar-refractivity contribution in [3.63, 3.8) is 0 Å². The van der Waals surface area contributed by atoms with E-state index in [9.17, 15) is 9.18 Å². The summed E-state index contributed by atoms with van der Waals surface area (Å²) in [5, 5.41) is 11.9. The third-order valence-corrected chi connectivity index (χ3v) is 3.01. The van der Waals surface area contributed by atoms with Gasteiger partial charge in [-0.1, -0.05) is 13.8 Å². The summed E-state index contributed by atoms with van der Waals surface area (Å²) in [5.41, 5.74) is 5.91. The Labute approximate surface area is 106 Å². The Balaban J connectivity index is 2.74. The Kier molecular flexibility index (Phi) is 5.09. The van der Waals surface area contributed by atoms with Crippen LogP contribution in [0, 0.1) is 17.7 Å². The standard InChI is InChI=1S/C13H19FN2O2/c1-8(2)9(6-15)7-16-10-3-4-12(14)11(5-10)13(17)18/h3-5,8-9,16H,6-7,15H2,1-2H3,(H,17,18). The van der Waals surface area contributed by atoms with E-state index in [1.165, 1.54) is 12.1 Å². The first-order valence-electron chi connectivity index (χ1n) is 5.92. The average molecular weight is 254 g/mol. The number of hydrogen-bond donors (Lipinski definition) is 3. The van der Waals surface area contributed by atoms with Crippen LogP contribution in [0.25, 0.3) is 0 Å². The van der Waals surface area contributed by atoms with Crippen molar-refractivity contribution in [3.05, 3.63) is 29.6 Å². The van der Waals surface area contributed by atoms with Crippen LogP contribution in [-0.4, -0.2) is 24.2 Å². The average Bonchev–Trinajstić information content (AvgIpc) is 2.31. The molecule has 0 aliphatic heterocycles. The minimum atomic E-state index is -1.27. The van der Waals surface area contributed by atoms with Gasteiger partial charge in [0.1, 0.15) is 5.82 Å². The summed E-state index contributed by atoms with van der Waals surface area (Å²) >= 11 is 0. The van der Waals surface area contributed by atoms with Gasteiger partial charge in [-0.05, 0) is 36.6 Å². The van der Waals surface area contributed by atoms with Crippen LogP contribution in [0.3, 0.4) is 0 Å². The van der Waals surface area contributed by atoms with E-state index in [2.05, 4.69) is 19.2 Å². The molecule has 1 unspecified atom stereocenters. The zero-order valence-corrected chi connectivity index (χ0v) is 10.6. The molecule has 4 nitrogen and oxygen atoms in total. The van der Waals surface area contributed by atoms with Gasteiger partial charge in [-0.2, -0.15) is 0 Å². The van der Waals surface area contributed by atoms with Gasteiger partial charge >= 0.3 is 5.97 Å². The molecule has 1 rings (SSSR count). The first kappa shape index (κ1) is 14.4. The lowest BCUT2D eigenvalue weighted by molar-refractivity contribution is 0.0692. The second-order valence-electron chi connectivity index (χ2n) is 4.62. The van der Waals surface area contributed by atoms with Gasteiger partial charge in [0.2, 0.25) is 0 Å². The Hall–Kier alpha value is -1.62. The van der Waals surface area contributed by atoms with E-state index in [1.54, 1.807) is 0 Å². The fraction of sp³-hybridized carbons (Fsp3) is 0.462. The zero-order valence-electron chi connectivity index (χ0n) is 10.6. The molecule has 5 heteroatoms. The number of benzene rings is 1. The number of aromatic carboxylic acids is 1. The molecular weight excluding hydrogens is 235 g/mol. The second-order valence-corrected chi connectivity index (χ2v) is 4.62. The van der Waals surface area contributed by atoms with Crippen molar-refractivity contribution in [2.75, 3.05) is 18.4 Å².